The number of carbonyl (C=O) groups excluding carboxylic acids is 2. The molecule has 1 aromatic rings. The van der Waals surface area contributed by atoms with Gasteiger partial charge >= 0.3 is 6.03 Å². The second kappa shape index (κ2) is 7.96. The Morgan fingerprint density at radius 1 is 1.13 bits per heavy atom. The Kier molecular flexibility index (Phi) is 6.56. The normalized spacial score (nSPS) is 13.7. The van der Waals surface area contributed by atoms with Gasteiger partial charge in [-0.1, -0.05) is 24.6 Å². The van der Waals surface area contributed by atoms with Crippen LogP contribution in [0.5, 0.6) is 0 Å². The standard InChI is InChI=1S/C15H23N3O4S/c1-10-5-7-13(8-6-10)23(21,22)18-14(19)9-11(2)12(3)17-15(20)16-4/h5-8,11-12H,9H2,1-4H3,(H,18,19)(H2,16,17,20). The van der Waals surface area contributed by atoms with Crippen molar-refractivity contribution in [3.63, 3.8) is 0 Å². The van der Waals surface area contributed by atoms with E-state index in [1.807, 2.05) is 6.92 Å². The molecule has 0 aliphatic rings. The first-order chi connectivity index (χ1) is 10.7. The van der Waals surface area contributed by atoms with Crippen LogP contribution in [0, 0.1) is 12.8 Å². The van der Waals surface area contributed by atoms with Crippen molar-refractivity contribution in [3.05, 3.63) is 29.8 Å². The highest BCUT2D eigenvalue weighted by molar-refractivity contribution is 7.90. The van der Waals surface area contributed by atoms with Crippen molar-refractivity contribution in [1.29, 1.82) is 0 Å². The minimum atomic E-state index is -3.87. The minimum Gasteiger partial charge on any atom is -0.341 e. The van der Waals surface area contributed by atoms with E-state index < -0.39 is 15.9 Å². The maximum Gasteiger partial charge on any atom is 0.314 e. The summed E-state index contributed by atoms with van der Waals surface area (Å²) in [7, 11) is -2.38. The SMILES string of the molecule is CNC(=O)NC(C)C(C)CC(=O)NS(=O)(=O)c1ccc(C)cc1. The highest BCUT2D eigenvalue weighted by atomic mass is 32.2. The first kappa shape index (κ1) is 19.0. The fourth-order valence-corrected chi connectivity index (χ4v) is 2.85. The van der Waals surface area contributed by atoms with E-state index in [1.165, 1.54) is 19.2 Å². The molecular formula is C15H23N3O4S. The van der Waals surface area contributed by atoms with Gasteiger partial charge in [-0.25, -0.2) is 17.9 Å². The Hall–Kier alpha value is -2.09. The van der Waals surface area contributed by atoms with E-state index in [-0.39, 0.29) is 29.3 Å². The molecule has 0 saturated carbocycles. The third kappa shape index (κ3) is 5.90. The molecule has 0 aliphatic carbocycles. The Balaban J connectivity index is 2.65. The molecule has 0 heterocycles. The van der Waals surface area contributed by atoms with Crippen LogP contribution in [0.15, 0.2) is 29.2 Å². The lowest BCUT2D eigenvalue weighted by Crippen LogP contribution is -2.43. The summed E-state index contributed by atoms with van der Waals surface area (Å²) in [5, 5.41) is 5.08. The van der Waals surface area contributed by atoms with Gasteiger partial charge in [0.2, 0.25) is 5.91 Å². The van der Waals surface area contributed by atoms with Crippen LogP contribution in [0.1, 0.15) is 25.8 Å². The highest BCUT2D eigenvalue weighted by Crippen LogP contribution is 2.12. The fraction of sp³-hybridized carbons (Fsp3) is 0.467. The van der Waals surface area contributed by atoms with E-state index in [4.69, 9.17) is 0 Å². The maximum absolute atomic E-state index is 12.1. The molecular weight excluding hydrogens is 318 g/mol. The molecule has 23 heavy (non-hydrogen) atoms. The van der Waals surface area contributed by atoms with E-state index in [2.05, 4.69) is 15.4 Å². The zero-order chi connectivity index (χ0) is 17.6. The molecule has 128 valence electrons. The third-order valence-electron chi connectivity index (χ3n) is 3.53. The highest BCUT2D eigenvalue weighted by Gasteiger charge is 2.22. The lowest BCUT2D eigenvalue weighted by Gasteiger charge is -2.20. The Morgan fingerprint density at radius 3 is 2.22 bits per heavy atom. The largest absolute Gasteiger partial charge is 0.341 e. The zero-order valence-corrected chi connectivity index (χ0v) is 14.5. The number of rotatable bonds is 6. The first-order valence-corrected chi connectivity index (χ1v) is 8.74. The fourth-order valence-electron chi connectivity index (χ4n) is 1.86. The van der Waals surface area contributed by atoms with Crippen LogP contribution < -0.4 is 15.4 Å². The van der Waals surface area contributed by atoms with E-state index in [0.29, 0.717) is 0 Å². The molecule has 2 unspecified atom stereocenters. The second-order valence-corrected chi connectivity index (χ2v) is 7.22. The van der Waals surface area contributed by atoms with E-state index in [9.17, 15) is 18.0 Å². The molecule has 0 radical (unpaired) electrons. The maximum atomic E-state index is 12.1. The molecule has 0 saturated heterocycles. The molecule has 7 nitrogen and oxygen atoms in total. The summed E-state index contributed by atoms with van der Waals surface area (Å²) in [5.41, 5.74) is 0.929. The Morgan fingerprint density at radius 2 is 1.70 bits per heavy atom. The predicted molar refractivity (Wildman–Crippen MR) is 87.3 cm³/mol. The van der Waals surface area contributed by atoms with E-state index in [1.54, 1.807) is 26.0 Å². The number of carbonyl (C=O) groups is 2. The number of amides is 3. The summed E-state index contributed by atoms with van der Waals surface area (Å²) in [6.45, 7) is 5.36. The topological polar surface area (TPSA) is 104 Å². The molecule has 8 heteroatoms. The van der Waals surface area contributed by atoms with Crippen LogP contribution in [0.3, 0.4) is 0 Å². The number of hydrogen-bond donors (Lipinski definition) is 3. The molecule has 3 N–H and O–H groups in total. The first-order valence-electron chi connectivity index (χ1n) is 7.26. The van der Waals surface area contributed by atoms with Crippen LogP contribution in [0.4, 0.5) is 4.79 Å². The van der Waals surface area contributed by atoms with Crippen LogP contribution in [0.2, 0.25) is 0 Å². The van der Waals surface area contributed by atoms with Crippen LogP contribution in [-0.4, -0.2) is 33.4 Å². The summed E-state index contributed by atoms with van der Waals surface area (Å²) in [5.74, 6) is -0.829. The van der Waals surface area contributed by atoms with Crippen molar-refractivity contribution >= 4 is 22.0 Å². The summed E-state index contributed by atoms with van der Waals surface area (Å²) < 4.78 is 26.3. The average molecular weight is 341 g/mol. The number of benzene rings is 1. The average Bonchev–Trinajstić information content (AvgIpc) is 2.46. The molecule has 0 aliphatic heterocycles. The third-order valence-corrected chi connectivity index (χ3v) is 4.92. The van der Waals surface area contributed by atoms with E-state index >= 15 is 0 Å². The minimum absolute atomic E-state index is 0.0176. The van der Waals surface area contributed by atoms with Crippen molar-refractivity contribution in [2.45, 2.75) is 38.1 Å². The van der Waals surface area contributed by atoms with Gasteiger partial charge in [0, 0.05) is 19.5 Å². The van der Waals surface area contributed by atoms with Crippen molar-refractivity contribution in [2.75, 3.05) is 7.05 Å². The molecule has 0 spiro atoms. The van der Waals surface area contributed by atoms with Crippen molar-refractivity contribution in [3.8, 4) is 0 Å². The van der Waals surface area contributed by atoms with Gasteiger partial charge in [0.15, 0.2) is 0 Å². The zero-order valence-electron chi connectivity index (χ0n) is 13.7. The monoisotopic (exact) mass is 341 g/mol. The second-order valence-electron chi connectivity index (χ2n) is 5.54. The number of sulfonamides is 1. The predicted octanol–water partition coefficient (Wildman–Crippen LogP) is 1.14. The van der Waals surface area contributed by atoms with Crippen LogP contribution in [0.25, 0.3) is 0 Å². The molecule has 0 bridgehead atoms. The molecule has 1 aromatic carbocycles. The Labute approximate surface area is 136 Å². The lowest BCUT2D eigenvalue weighted by atomic mass is 10.00. The number of urea groups is 1. The Bertz CT molecular complexity index is 656. The van der Waals surface area contributed by atoms with Gasteiger partial charge in [0.05, 0.1) is 4.90 Å². The van der Waals surface area contributed by atoms with Crippen LogP contribution >= 0.6 is 0 Å². The summed E-state index contributed by atoms with van der Waals surface area (Å²) in [6.07, 6.45) is -0.0176. The molecule has 2 atom stereocenters. The van der Waals surface area contributed by atoms with Crippen molar-refractivity contribution < 1.29 is 18.0 Å². The smallest absolute Gasteiger partial charge is 0.314 e. The molecule has 0 fully saturated rings. The lowest BCUT2D eigenvalue weighted by molar-refractivity contribution is -0.120. The van der Waals surface area contributed by atoms with Gasteiger partial charge in [-0.05, 0) is 31.9 Å². The number of aryl methyl sites for hydroxylation is 1. The van der Waals surface area contributed by atoms with Gasteiger partial charge in [-0.15, -0.1) is 0 Å². The summed E-state index contributed by atoms with van der Waals surface area (Å²) >= 11 is 0. The van der Waals surface area contributed by atoms with Gasteiger partial charge in [0.25, 0.3) is 10.0 Å². The quantitative estimate of drug-likeness (QED) is 0.722. The van der Waals surface area contributed by atoms with Crippen molar-refractivity contribution in [2.24, 2.45) is 5.92 Å². The van der Waals surface area contributed by atoms with Gasteiger partial charge in [-0.3, -0.25) is 4.79 Å². The molecule has 3 amide bonds. The summed E-state index contributed by atoms with van der Waals surface area (Å²) in [6, 6.07) is 5.60. The van der Waals surface area contributed by atoms with E-state index in [0.717, 1.165) is 5.56 Å². The number of nitrogens with one attached hydrogen (secondary N) is 3. The molecule has 1 rings (SSSR count). The molecule has 0 aromatic heterocycles. The van der Waals surface area contributed by atoms with Gasteiger partial charge in [0.1, 0.15) is 0 Å². The van der Waals surface area contributed by atoms with Crippen molar-refractivity contribution in [1.82, 2.24) is 15.4 Å². The number of hydrogen-bond acceptors (Lipinski definition) is 4. The van der Waals surface area contributed by atoms with Gasteiger partial charge < -0.3 is 10.6 Å². The summed E-state index contributed by atoms with van der Waals surface area (Å²) in [4.78, 5) is 23.2. The van der Waals surface area contributed by atoms with Gasteiger partial charge in [-0.2, -0.15) is 0 Å². The van der Waals surface area contributed by atoms with Crippen LogP contribution in [-0.2, 0) is 14.8 Å².